The average Bonchev–Trinajstić information content (AvgIpc) is 2.97. The van der Waals surface area contributed by atoms with Gasteiger partial charge in [0.15, 0.2) is 0 Å². The lowest BCUT2D eigenvalue weighted by Crippen LogP contribution is -2.23. The second-order valence-corrected chi connectivity index (χ2v) is 6.57. The molecule has 1 fully saturated rings. The summed E-state index contributed by atoms with van der Waals surface area (Å²) in [6.45, 7) is 0.619. The van der Waals surface area contributed by atoms with Crippen LogP contribution in [-0.4, -0.2) is 22.4 Å². The Hall–Kier alpha value is -1.14. The van der Waals surface area contributed by atoms with E-state index in [1.807, 2.05) is 24.3 Å². The molecule has 0 bridgehead atoms. The number of carbonyl (C=O) groups is 1. The molecule has 1 amide bonds. The first-order valence-electron chi connectivity index (χ1n) is 5.80. The molecule has 0 N–H and O–H groups in total. The molecule has 1 aliphatic heterocycles. The van der Waals surface area contributed by atoms with E-state index in [2.05, 4.69) is 37.0 Å². The molecule has 1 unspecified atom stereocenters. The molecule has 0 saturated carbocycles. The number of benzene rings is 1. The van der Waals surface area contributed by atoms with Gasteiger partial charge < -0.3 is 4.52 Å². The van der Waals surface area contributed by atoms with E-state index in [-0.39, 0.29) is 10.7 Å². The van der Waals surface area contributed by atoms with Crippen LogP contribution in [0.15, 0.2) is 39.3 Å². The zero-order valence-corrected chi connectivity index (χ0v) is 13.0. The van der Waals surface area contributed by atoms with Crippen molar-refractivity contribution in [2.24, 2.45) is 0 Å². The van der Waals surface area contributed by atoms with Crippen LogP contribution in [0.5, 0.6) is 0 Å². The molecule has 0 spiro atoms. The lowest BCUT2D eigenvalue weighted by Gasteiger charge is -2.09. The van der Waals surface area contributed by atoms with Gasteiger partial charge in [0.1, 0.15) is 5.69 Å². The number of amides is 1. The smallest absolute Gasteiger partial charge is 0.234 e. The first-order valence-corrected chi connectivity index (χ1v) is 7.51. The van der Waals surface area contributed by atoms with Crippen LogP contribution in [-0.2, 0) is 4.79 Å². The molecule has 1 saturated heterocycles. The Morgan fingerprint density at radius 1 is 1.32 bits per heavy atom. The summed E-state index contributed by atoms with van der Waals surface area (Å²) in [5, 5.41) is 4.02. The predicted octanol–water partition coefficient (Wildman–Crippen LogP) is 3.60. The average molecular weight is 386 g/mol. The fourth-order valence-electron chi connectivity index (χ4n) is 2.03. The summed E-state index contributed by atoms with van der Waals surface area (Å²) >= 11 is 6.84. The van der Waals surface area contributed by atoms with E-state index in [4.69, 9.17) is 4.52 Å². The number of rotatable bonds is 2. The third kappa shape index (κ3) is 2.60. The number of anilines is 1. The van der Waals surface area contributed by atoms with Crippen molar-refractivity contribution in [3.05, 3.63) is 34.8 Å². The fourth-order valence-corrected chi connectivity index (χ4v) is 2.86. The summed E-state index contributed by atoms with van der Waals surface area (Å²) in [6, 6.07) is 9.58. The minimum Gasteiger partial charge on any atom is -0.338 e. The van der Waals surface area contributed by atoms with Crippen LogP contribution in [0.3, 0.4) is 0 Å². The molecular weight excluding hydrogens is 376 g/mol. The molecule has 0 radical (unpaired) electrons. The van der Waals surface area contributed by atoms with Crippen LogP contribution in [0, 0.1) is 0 Å². The fraction of sp³-hybridized carbons (Fsp3) is 0.231. The molecule has 0 aliphatic carbocycles. The molecular formula is C13H10Br2N2O2. The predicted molar refractivity (Wildman–Crippen MR) is 79.3 cm³/mol. The third-order valence-corrected chi connectivity index (χ3v) is 4.12. The number of hydrogen-bond acceptors (Lipinski definition) is 3. The van der Waals surface area contributed by atoms with Crippen LogP contribution < -0.4 is 4.90 Å². The van der Waals surface area contributed by atoms with Gasteiger partial charge in [0, 0.05) is 33.9 Å². The van der Waals surface area contributed by atoms with Gasteiger partial charge in [-0.15, -0.1) is 0 Å². The Morgan fingerprint density at radius 2 is 2.05 bits per heavy atom. The van der Waals surface area contributed by atoms with Crippen molar-refractivity contribution in [2.75, 3.05) is 11.4 Å². The highest BCUT2D eigenvalue weighted by Gasteiger charge is 2.31. The van der Waals surface area contributed by atoms with E-state index < -0.39 is 0 Å². The maximum absolute atomic E-state index is 11.8. The highest BCUT2D eigenvalue weighted by molar-refractivity contribution is 9.10. The zero-order valence-electron chi connectivity index (χ0n) is 9.85. The van der Waals surface area contributed by atoms with Crippen molar-refractivity contribution in [3.8, 4) is 11.3 Å². The van der Waals surface area contributed by atoms with Crippen LogP contribution in [0.4, 0.5) is 5.88 Å². The van der Waals surface area contributed by atoms with Gasteiger partial charge in [-0.3, -0.25) is 9.69 Å². The number of alkyl halides is 1. The van der Waals surface area contributed by atoms with E-state index in [1.165, 1.54) is 0 Å². The largest absolute Gasteiger partial charge is 0.338 e. The SMILES string of the molecule is O=C1CC(Br)CN1c1cc(-c2ccc(Br)cc2)no1. The van der Waals surface area contributed by atoms with Gasteiger partial charge in [-0.1, -0.05) is 49.1 Å². The number of hydrogen-bond donors (Lipinski definition) is 0. The minimum absolute atomic E-state index is 0.0559. The lowest BCUT2D eigenvalue weighted by molar-refractivity contribution is -0.117. The summed E-state index contributed by atoms with van der Waals surface area (Å²) in [6.07, 6.45) is 0.494. The Bertz CT molecular complexity index is 609. The summed E-state index contributed by atoms with van der Waals surface area (Å²) in [7, 11) is 0. The molecule has 2 aromatic rings. The first-order chi connectivity index (χ1) is 9.13. The van der Waals surface area contributed by atoms with Crippen molar-refractivity contribution >= 4 is 43.7 Å². The molecule has 19 heavy (non-hydrogen) atoms. The van der Waals surface area contributed by atoms with Crippen LogP contribution >= 0.6 is 31.9 Å². The molecule has 1 aliphatic rings. The second kappa shape index (κ2) is 5.09. The maximum Gasteiger partial charge on any atom is 0.234 e. The third-order valence-electron chi connectivity index (χ3n) is 2.98. The summed E-state index contributed by atoms with van der Waals surface area (Å²) in [5.41, 5.74) is 1.69. The van der Waals surface area contributed by atoms with Crippen LogP contribution in [0.2, 0.25) is 0 Å². The van der Waals surface area contributed by atoms with Crippen molar-refractivity contribution in [1.29, 1.82) is 0 Å². The van der Waals surface area contributed by atoms with Gasteiger partial charge in [-0.25, -0.2) is 0 Å². The summed E-state index contributed by atoms with van der Waals surface area (Å²) in [4.78, 5) is 13.6. The van der Waals surface area contributed by atoms with Gasteiger partial charge in [0.05, 0.1) is 0 Å². The molecule has 1 atom stereocenters. The number of nitrogens with zero attached hydrogens (tertiary/aromatic N) is 2. The van der Waals surface area contributed by atoms with E-state index in [0.717, 1.165) is 15.7 Å². The van der Waals surface area contributed by atoms with Crippen molar-refractivity contribution < 1.29 is 9.32 Å². The van der Waals surface area contributed by atoms with Crippen molar-refractivity contribution in [2.45, 2.75) is 11.2 Å². The Kier molecular flexibility index (Phi) is 3.45. The molecule has 1 aromatic heterocycles. The molecule has 1 aromatic carbocycles. The number of carbonyl (C=O) groups excluding carboxylic acids is 1. The molecule has 98 valence electrons. The zero-order chi connectivity index (χ0) is 13.4. The highest BCUT2D eigenvalue weighted by Crippen LogP contribution is 2.29. The summed E-state index contributed by atoms with van der Waals surface area (Å²) < 4.78 is 6.29. The lowest BCUT2D eigenvalue weighted by atomic mass is 10.1. The Balaban J connectivity index is 1.87. The number of aromatic nitrogens is 1. The minimum atomic E-state index is 0.0559. The Labute approximate surface area is 127 Å². The molecule has 6 heteroatoms. The topological polar surface area (TPSA) is 46.3 Å². The van der Waals surface area contributed by atoms with Gasteiger partial charge >= 0.3 is 0 Å². The quantitative estimate of drug-likeness (QED) is 0.742. The van der Waals surface area contributed by atoms with E-state index in [0.29, 0.717) is 18.8 Å². The molecule has 3 rings (SSSR count). The van der Waals surface area contributed by atoms with Gasteiger partial charge in [-0.2, -0.15) is 0 Å². The summed E-state index contributed by atoms with van der Waals surface area (Å²) in [5.74, 6) is 0.560. The van der Waals surface area contributed by atoms with Gasteiger partial charge in [0.25, 0.3) is 0 Å². The highest BCUT2D eigenvalue weighted by atomic mass is 79.9. The first kappa shape index (κ1) is 12.9. The maximum atomic E-state index is 11.8. The van der Waals surface area contributed by atoms with E-state index in [1.54, 1.807) is 11.0 Å². The van der Waals surface area contributed by atoms with Crippen LogP contribution in [0.25, 0.3) is 11.3 Å². The number of halogens is 2. The van der Waals surface area contributed by atoms with Crippen molar-refractivity contribution in [1.82, 2.24) is 5.16 Å². The molecule has 4 nitrogen and oxygen atoms in total. The van der Waals surface area contributed by atoms with Gasteiger partial charge in [-0.05, 0) is 12.1 Å². The molecule has 2 heterocycles. The van der Waals surface area contributed by atoms with E-state index >= 15 is 0 Å². The Morgan fingerprint density at radius 3 is 2.68 bits per heavy atom. The second-order valence-electron chi connectivity index (χ2n) is 4.36. The van der Waals surface area contributed by atoms with Gasteiger partial charge in [0.2, 0.25) is 11.8 Å². The standard InChI is InChI=1S/C13H10Br2N2O2/c14-9-3-1-8(2-4-9)11-6-13(19-16-11)17-7-10(15)5-12(17)18/h1-4,6,10H,5,7H2. The van der Waals surface area contributed by atoms with E-state index in [9.17, 15) is 4.79 Å². The van der Waals surface area contributed by atoms with Crippen LogP contribution in [0.1, 0.15) is 6.42 Å². The van der Waals surface area contributed by atoms with Crippen molar-refractivity contribution in [3.63, 3.8) is 0 Å². The normalized spacial score (nSPS) is 19.2. The monoisotopic (exact) mass is 384 g/mol.